The maximum Gasteiger partial charge on any atom is 0.485 e. The van der Waals surface area contributed by atoms with Crippen LogP contribution in [-0.2, 0) is 10.1 Å². The van der Waals surface area contributed by atoms with Gasteiger partial charge in [0.15, 0.2) is 10.1 Å². The number of nitrogens with one attached hydrogen (secondary N) is 1. The molecule has 3 aromatic carbocycles. The van der Waals surface area contributed by atoms with E-state index >= 15 is 0 Å². The second-order valence-electron chi connectivity index (χ2n) is 5.87. The van der Waals surface area contributed by atoms with Crippen LogP contribution in [0.15, 0.2) is 84.9 Å². The summed E-state index contributed by atoms with van der Waals surface area (Å²) in [6.45, 7) is 2.12. The van der Waals surface area contributed by atoms with Gasteiger partial charge in [-0.2, -0.15) is 13.2 Å². The van der Waals surface area contributed by atoms with Crippen molar-refractivity contribution in [3.63, 3.8) is 0 Å². The number of hydrogen-bond acceptors (Lipinski definition) is 3. The van der Waals surface area contributed by atoms with Crippen LogP contribution in [0, 0.1) is 6.92 Å². The van der Waals surface area contributed by atoms with Gasteiger partial charge < -0.3 is 4.55 Å². The minimum Gasteiger partial charge on any atom is -0.741 e. The summed E-state index contributed by atoms with van der Waals surface area (Å²) >= 11 is 0. The van der Waals surface area contributed by atoms with Gasteiger partial charge in [0.25, 0.3) is 0 Å². The number of aryl methyl sites for hydroxylation is 1. The van der Waals surface area contributed by atoms with Crippen LogP contribution in [0.25, 0.3) is 0 Å². The highest BCUT2D eigenvalue weighted by molar-refractivity contribution is 7.86. The molecule has 148 valence electrons. The van der Waals surface area contributed by atoms with Gasteiger partial charge >= 0.3 is 5.51 Å². The van der Waals surface area contributed by atoms with E-state index in [9.17, 15) is 13.2 Å². The fraction of sp³-hybridized carbons (Fsp3) is 0.100. The maximum absolute atomic E-state index is 10.7. The number of quaternary nitrogens is 1. The number of halogens is 3. The third-order valence-electron chi connectivity index (χ3n) is 3.75. The first-order valence-corrected chi connectivity index (χ1v) is 9.57. The van der Waals surface area contributed by atoms with Crippen molar-refractivity contribution >= 4 is 27.2 Å². The fourth-order valence-corrected chi connectivity index (χ4v) is 2.43. The van der Waals surface area contributed by atoms with Crippen LogP contribution >= 0.6 is 0 Å². The first-order chi connectivity index (χ1) is 13.1. The Labute approximate surface area is 161 Å². The lowest BCUT2D eigenvalue weighted by Crippen LogP contribution is -2.96. The third kappa shape index (κ3) is 5.91. The van der Waals surface area contributed by atoms with Crippen molar-refractivity contribution < 1.29 is 31.0 Å². The smallest absolute Gasteiger partial charge is 0.485 e. The summed E-state index contributed by atoms with van der Waals surface area (Å²) in [6.07, 6.45) is 0. The lowest BCUT2D eigenvalue weighted by molar-refractivity contribution is -0.681. The summed E-state index contributed by atoms with van der Waals surface area (Å²) in [5.74, 6) is 0. The molecular formula is C20H18F3NO3S. The normalized spacial score (nSPS) is 11.6. The van der Waals surface area contributed by atoms with Crippen LogP contribution in [0.5, 0.6) is 0 Å². The van der Waals surface area contributed by atoms with E-state index in [0.29, 0.717) is 0 Å². The molecule has 0 bridgehead atoms. The zero-order valence-electron chi connectivity index (χ0n) is 14.8. The van der Waals surface area contributed by atoms with Crippen LogP contribution in [0.1, 0.15) is 5.56 Å². The summed E-state index contributed by atoms with van der Waals surface area (Å²) in [4.78, 5) is 1.28. The van der Waals surface area contributed by atoms with E-state index in [0.717, 1.165) is 0 Å². The molecule has 0 spiro atoms. The van der Waals surface area contributed by atoms with Crippen LogP contribution < -0.4 is 4.90 Å². The minimum absolute atomic E-state index is 1.25. The van der Waals surface area contributed by atoms with E-state index in [-0.39, 0.29) is 0 Å². The molecule has 3 aromatic rings. The average molecular weight is 409 g/mol. The molecule has 0 amide bonds. The SMILES string of the molecule is Cc1ccc([NH+](c2ccccc2)c2ccccc2)cc1.O=S(=O)([O-])C(F)(F)F. The van der Waals surface area contributed by atoms with Crippen LogP contribution in [0.2, 0.25) is 0 Å². The molecule has 4 nitrogen and oxygen atoms in total. The highest BCUT2D eigenvalue weighted by Gasteiger charge is 2.36. The van der Waals surface area contributed by atoms with Gasteiger partial charge in [-0.05, 0) is 31.2 Å². The molecule has 0 aliphatic carbocycles. The van der Waals surface area contributed by atoms with E-state index in [1.165, 1.54) is 27.5 Å². The van der Waals surface area contributed by atoms with Crippen LogP contribution in [0.3, 0.4) is 0 Å². The molecular weight excluding hydrogens is 391 g/mol. The molecule has 0 aliphatic heterocycles. The molecule has 0 atom stereocenters. The Balaban J connectivity index is 0.000000300. The van der Waals surface area contributed by atoms with E-state index in [4.69, 9.17) is 13.0 Å². The van der Waals surface area contributed by atoms with Crippen LogP contribution in [0.4, 0.5) is 30.2 Å². The molecule has 0 aliphatic rings. The topological polar surface area (TPSA) is 61.6 Å². The van der Waals surface area contributed by atoms with Gasteiger partial charge in [0.2, 0.25) is 0 Å². The number of benzene rings is 3. The Morgan fingerprint density at radius 3 is 1.36 bits per heavy atom. The quantitative estimate of drug-likeness (QED) is 0.520. The fourth-order valence-electron chi connectivity index (χ4n) is 2.43. The summed E-state index contributed by atoms with van der Waals surface area (Å²) in [6, 6.07) is 29.9. The summed E-state index contributed by atoms with van der Waals surface area (Å²) < 4.78 is 58.9. The lowest BCUT2D eigenvalue weighted by atomic mass is 10.1. The van der Waals surface area contributed by atoms with Crippen LogP contribution in [-0.4, -0.2) is 18.5 Å². The molecule has 28 heavy (non-hydrogen) atoms. The molecule has 0 saturated heterocycles. The van der Waals surface area contributed by atoms with E-state index in [1.807, 2.05) is 0 Å². The molecule has 1 N–H and O–H groups in total. The number of alkyl halides is 3. The summed E-state index contributed by atoms with van der Waals surface area (Å²) in [5, 5.41) is 0. The first-order valence-electron chi connectivity index (χ1n) is 8.16. The highest BCUT2D eigenvalue weighted by atomic mass is 32.2. The second-order valence-corrected chi connectivity index (χ2v) is 7.24. The third-order valence-corrected chi connectivity index (χ3v) is 4.32. The number of hydrogen-bond donors (Lipinski definition) is 1. The zero-order chi connectivity index (χ0) is 20.8. The number of para-hydroxylation sites is 2. The van der Waals surface area contributed by atoms with Gasteiger partial charge in [0, 0.05) is 12.1 Å². The van der Waals surface area contributed by atoms with Crippen molar-refractivity contribution in [2.45, 2.75) is 12.4 Å². The van der Waals surface area contributed by atoms with E-state index in [1.54, 1.807) is 0 Å². The molecule has 0 unspecified atom stereocenters. The molecule has 8 heteroatoms. The van der Waals surface area contributed by atoms with E-state index in [2.05, 4.69) is 91.9 Å². The first kappa shape index (κ1) is 21.6. The van der Waals surface area contributed by atoms with Gasteiger partial charge in [-0.1, -0.05) is 54.1 Å². The molecule has 0 fully saturated rings. The Kier molecular flexibility index (Phi) is 6.95. The Bertz CT molecular complexity index is 935. The standard InChI is InChI=1S/C19H17N.CHF3O3S/c1-16-12-14-19(15-13-16)20(17-8-4-2-5-9-17)18-10-6-3-7-11-18;2-1(3,4)8(5,6)7/h2-15H,1H3;(H,5,6,7). The molecule has 0 radical (unpaired) electrons. The Morgan fingerprint density at radius 1 is 0.714 bits per heavy atom. The Hall–Kier alpha value is -2.68. The van der Waals surface area contributed by atoms with E-state index < -0.39 is 15.6 Å². The molecule has 0 saturated carbocycles. The van der Waals surface area contributed by atoms with Crippen molar-refractivity contribution in [2.24, 2.45) is 0 Å². The predicted octanol–water partition coefficient (Wildman–Crippen LogP) is 4.23. The van der Waals surface area contributed by atoms with Gasteiger partial charge in [0.05, 0.1) is 0 Å². The highest BCUT2D eigenvalue weighted by Crippen LogP contribution is 2.20. The monoisotopic (exact) mass is 409 g/mol. The van der Waals surface area contributed by atoms with Gasteiger partial charge in [-0.25, -0.2) is 13.3 Å². The maximum atomic E-state index is 10.7. The van der Waals surface area contributed by atoms with Gasteiger partial charge in [-0.15, -0.1) is 0 Å². The zero-order valence-corrected chi connectivity index (χ0v) is 15.7. The second kappa shape index (κ2) is 9.01. The van der Waals surface area contributed by atoms with Crippen molar-refractivity contribution in [1.82, 2.24) is 0 Å². The van der Waals surface area contributed by atoms with Gasteiger partial charge in [0.1, 0.15) is 17.1 Å². The lowest BCUT2D eigenvalue weighted by Gasteiger charge is -2.18. The molecule has 0 heterocycles. The Morgan fingerprint density at radius 2 is 1.04 bits per heavy atom. The summed E-state index contributed by atoms with van der Waals surface area (Å²) in [7, 11) is -6.09. The van der Waals surface area contributed by atoms with Crippen molar-refractivity contribution in [1.29, 1.82) is 0 Å². The predicted molar refractivity (Wildman–Crippen MR) is 99.8 cm³/mol. The largest absolute Gasteiger partial charge is 0.741 e. The minimum atomic E-state index is -6.09. The van der Waals surface area contributed by atoms with Gasteiger partial charge in [-0.3, -0.25) is 0 Å². The molecule has 3 rings (SSSR count). The van der Waals surface area contributed by atoms with Crippen molar-refractivity contribution in [2.75, 3.05) is 0 Å². The van der Waals surface area contributed by atoms with Crippen molar-refractivity contribution in [3.8, 4) is 0 Å². The summed E-state index contributed by atoms with van der Waals surface area (Å²) in [5.41, 5.74) is -0.597. The number of rotatable bonds is 3. The average Bonchev–Trinajstić information content (AvgIpc) is 2.64. The van der Waals surface area contributed by atoms with Crippen molar-refractivity contribution in [3.05, 3.63) is 90.5 Å². The molecule has 0 aromatic heterocycles.